The standard InChI is InChI=1S/C21H23N5O2/c1-5-14(10-17-13(2)21(27)25-24-19(17)11-22)18-12-23-26(3)20(18)15-7-6-8-16(9-15)28-4/h5-10,12H,1,11,22H2,2-4H3,(H,25,27)/b14-10+. The number of nitrogens with one attached hydrogen (secondary N) is 1. The zero-order valence-electron chi connectivity index (χ0n) is 16.2. The molecular formula is C21H23N5O2. The highest BCUT2D eigenvalue weighted by molar-refractivity contribution is 5.93. The number of rotatable bonds is 6. The van der Waals surface area contributed by atoms with Crippen molar-refractivity contribution in [3.05, 3.63) is 75.9 Å². The summed E-state index contributed by atoms with van der Waals surface area (Å²) in [4.78, 5) is 12.0. The van der Waals surface area contributed by atoms with Crippen LogP contribution in [0.1, 0.15) is 22.4 Å². The molecule has 0 saturated carbocycles. The van der Waals surface area contributed by atoms with E-state index in [1.165, 1.54) is 0 Å². The largest absolute Gasteiger partial charge is 0.497 e. The second kappa shape index (κ2) is 8.06. The third-order valence-electron chi connectivity index (χ3n) is 4.65. The van der Waals surface area contributed by atoms with E-state index < -0.39 is 0 Å². The van der Waals surface area contributed by atoms with Crippen LogP contribution in [-0.2, 0) is 13.6 Å². The Hall–Kier alpha value is -3.45. The number of methoxy groups -OCH3 is 1. The van der Waals surface area contributed by atoms with Crippen molar-refractivity contribution >= 4 is 11.6 Å². The van der Waals surface area contributed by atoms with Gasteiger partial charge in [0.2, 0.25) is 0 Å². The molecule has 0 amide bonds. The molecule has 0 aliphatic carbocycles. The van der Waals surface area contributed by atoms with Gasteiger partial charge in [0, 0.05) is 35.8 Å². The number of benzene rings is 1. The van der Waals surface area contributed by atoms with Crippen LogP contribution in [0.5, 0.6) is 5.75 Å². The maximum Gasteiger partial charge on any atom is 0.267 e. The molecule has 3 N–H and O–H groups in total. The van der Waals surface area contributed by atoms with Crippen molar-refractivity contribution in [3.63, 3.8) is 0 Å². The molecule has 7 nitrogen and oxygen atoms in total. The number of aromatic amines is 1. The van der Waals surface area contributed by atoms with E-state index in [2.05, 4.69) is 21.9 Å². The van der Waals surface area contributed by atoms with E-state index in [1.54, 1.807) is 31.0 Å². The van der Waals surface area contributed by atoms with Crippen LogP contribution in [-0.4, -0.2) is 27.1 Å². The highest BCUT2D eigenvalue weighted by atomic mass is 16.5. The van der Waals surface area contributed by atoms with E-state index in [4.69, 9.17) is 10.5 Å². The van der Waals surface area contributed by atoms with Crippen LogP contribution in [0.3, 0.4) is 0 Å². The second-order valence-electron chi connectivity index (χ2n) is 6.31. The van der Waals surface area contributed by atoms with Crippen LogP contribution < -0.4 is 16.0 Å². The molecule has 7 heteroatoms. The fourth-order valence-electron chi connectivity index (χ4n) is 3.11. The van der Waals surface area contributed by atoms with Gasteiger partial charge in [-0.1, -0.05) is 24.8 Å². The molecular weight excluding hydrogens is 354 g/mol. The predicted octanol–water partition coefficient (Wildman–Crippen LogP) is 2.67. The molecule has 0 unspecified atom stereocenters. The van der Waals surface area contributed by atoms with Crippen molar-refractivity contribution < 1.29 is 4.74 Å². The number of H-pyrrole nitrogens is 1. The first kappa shape index (κ1) is 19.3. The summed E-state index contributed by atoms with van der Waals surface area (Å²) < 4.78 is 7.15. The highest BCUT2D eigenvalue weighted by Gasteiger charge is 2.16. The minimum atomic E-state index is -0.244. The zero-order valence-corrected chi connectivity index (χ0v) is 16.2. The van der Waals surface area contributed by atoms with Crippen LogP contribution in [0.2, 0.25) is 0 Å². The molecule has 3 rings (SSSR count). The molecule has 0 saturated heterocycles. The molecule has 1 aromatic carbocycles. The Morgan fingerprint density at radius 1 is 1.43 bits per heavy atom. The van der Waals surface area contributed by atoms with Gasteiger partial charge in [-0.15, -0.1) is 0 Å². The van der Waals surface area contributed by atoms with Crippen LogP contribution in [0.4, 0.5) is 0 Å². The third-order valence-corrected chi connectivity index (χ3v) is 4.65. The summed E-state index contributed by atoms with van der Waals surface area (Å²) in [6.45, 7) is 5.91. The summed E-state index contributed by atoms with van der Waals surface area (Å²) >= 11 is 0. The lowest BCUT2D eigenvalue weighted by molar-refractivity contribution is 0.415. The van der Waals surface area contributed by atoms with Gasteiger partial charge in [-0.3, -0.25) is 9.48 Å². The number of hydrogen-bond donors (Lipinski definition) is 2. The summed E-state index contributed by atoms with van der Waals surface area (Å²) in [5.41, 5.74) is 11.0. The number of aromatic nitrogens is 4. The minimum absolute atomic E-state index is 0.212. The van der Waals surface area contributed by atoms with E-state index in [9.17, 15) is 4.79 Å². The van der Waals surface area contributed by atoms with Crippen LogP contribution >= 0.6 is 0 Å². The number of nitrogens with zero attached hydrogens (tertiary/aromatic N) is 3. The van der Waals surface area contributed by atoms with E-state index in [0.29, 0.717) is 16.8 Å². The first-order valence-electron chi connectivity index (χ1n) is 8.79. The van der Waals surface area contributed by atoms with Crippen LogP contribution in [0.25, 0.3) is 22.9 Å². The van der Waals surface area contributed by atoms with Crippen molar-refractivity contribution in [1.82, 2.24) is 20.0 Å². The van der Waals surface area contributed by atoms with E-state index in [-0.39, 0.29) is 12.1 Å². The van der Waals surface area contributed by atoms with E-state index in [1.807, 2.05) is 37.4 Å². The van der Waals surface area contributed by atoms with Crippen molar-refractivity contribution in [2.45, 2.75) is 13.5 Å². The van der Waals surface area contributed by atoms with Gasteiger partial charge in [0.05, 0.1) is 24.7 Å². The SMILES string of the molecule is C=C/C(=C\c1c(CN)n[nH]c(=O)c1C)c1cnn(C)c1-c1cccc(OC)c1. The Kier molecular flexibility index (Phi) is 5.56. The Bertz CT molecular complexity index is 1110. The molecule has 28 heavy (non-hydrogen) atoms. The molecule has 0 radical (unpaired) electrons. The quantitative estimate of drug-likeness (QED) is 0.644. The average Bonchev–Trinajstić information content (AvgIpc) is 3.10. The maximum atomic E-state index is 12.0. The van der Waals surface area contributed by atoms with E-state index >= 15 is 0 Å². The van der Waals surface area contributed by atoms with Gasteiger partial charge in [-0.2, -0.15) is 10.2 Å². The first-order valence-corrected chi connectivity index (χ1v) is 8.79. The second-order valence-corrected chi connectivity index (χ2v) is 6.31. The normalized spacial score (nSPS) is 11.5. The smallest absolute Gasteiger partial charge is 0.267 e. The lowest BCUT2D eigenvalue weighted by Crippen LogP contribution is -2.17. The van der Waals surface area contributed by atoms with E-state index in [0.717, 1.165) is 28.1 Å². The molecule has 3 aromatic rings. The molecule has 0 atom stereocenters. The maximum absolute atomic E-state index is 12.0. The number of allylic oxidation sites excluding steroid dienone is 2. The summed E-state index contributed by atoms with van der Waals surface area (Å²) in [5, 5.41) is 11.0. The Labute approximate surface area is 163 Å². The number of ether oxygens (including phenoxy) is 1. The van der Waals surface area contributed by atoms with Crippen molar-refractivity contribution in [1.29, 1.82) is 0 Å². The van der Waals surface area contributed by atoms with Gasteiger partial charge in [0.25, 0.3) is 5.56 Å². The first-order chi connectivity index (χ1) is 13.5. The molecule has 2 aromatic heterocycles. The van der Waals surface area contributed by atoms with Gasteiger partial charge in [-0.25, -0.2) is 5.10 Å². The zero-order chi connectivity index (χ0) is 20.3. The molecule has 0 bridgehead atoms. The molecule has 144 valence electrons. The topological polar surface area (TPSA) is 98.8 Å². The Morgan fingerprint density at radius 2 is 2.21 bits per heavy atom. The van der Waals surface area contributed by atoms with Gasteiger partial charge in [0.1, 0.15) is 5.75 Å². The van der Waals surface area contributed by atoms with Gasteiger partial charge in [0.15, 0.2) is 0 Å². The van der Waals surface area contributed by atoms with Crippen molar-refractivity contribution in [3.8, 4) is 17.0 Å². The van der Waals surface area contributed by atoms with Crippen molar-refractivity contribution in [2.24, 2.45) is 12.8 Å². The molecule has 0 aliphatic heterocycles. The summed E-state index contributed by atoms with van der Waals surface area (Å²) in [7, 11) is 3.51. The lowest BCUT2D eigenvalue weighted by atomic mass is 9.97. The monoisotopic (exact) mass is 377 g/mol. The average molecular weight is 377 g/mol. The number of hydrogen-bond acceptors (Lipinski definition) is 5. The Balaban J connectivity index is 2.21. The predicted molar refractivity (Wildman–Crippen MR) is 111 cm³/mol. The fourth-order valence-corrected chi connectivity index (χ4v) is 3.11. The third kappa shape index (κ3) is 3.52. The molecule has 0 aliphatic rings. The Morgan fingerprint density at radius 3 is 2.89 bits per heavy atom. The van der Waals surface area contributed by atoms with Gasteiger partial charge < -0.3 is 10.5 Å². The molecule has 0 fully saturated rings. The molecule has 0 spiro atoms. The summed E-state index contributed by atoms with van der Waals surface area (Å²) in [6.07, 6.45) is 5.40. The molecule has 2 heterocycles. The van der Waals surface area contributed by atoms with Crippen LogP contribution in [0, 0.1) is 6.92 Å². The van der Waals surface area contributed by atoms with Crippen LogP contribution in [0.15, 0.2) is 47.9 Å². The fraction of sp³-hybridized carbons (Fsp3) is 0.190. The highest BCUT2D eigenvalue weighted by Crippen LogP contribution is 2.32. The number of nitrogens with two attached hydrogens (primary N) is 1. The minimum Gasteiger partial charge on any atom is -0.497 e. The van der Waals surface area contributed by atoms with Gasteiger partial charge >= 0.3 is 0 Å². The summed E-state index contributed by atoms with van der Waals surface area (Å²) in [6, 6.07) is 7.77. The number of aryl methyl sites for hydroxylation is 1. The van der Waals surface area contributed by atoms with Crippen molar-refractivity contribution in [2.75, 3.05) is 7.11 Å². The lowest BCUT2D eigenvalue weighted by Gasteiger charge is -2.11. The summed E-state index contributed by atoms with van der Waals surface area (Å²) in [5.74, 6) is 0.758. The van der Waals surface area contributed by atoms with Gasteiger partial charge in [-0.05, 0) is 30.7 Å².